The minimum absolute atomic E-state index is 0.0525. The number of halogens is 1. The van der Waals surface area contributed by atoms with E-state index in [2.05, 4.69) is 11.5 Å². The van der Waals surface area contributed by atoms with E-state index in [1.54, 1.807) is 9.80 Å². The van der Waals surface area contributed by atoms with Crippen LogP contribution < -0.4 is 9.64 Å². The molecule has 7 heteroatoms. The fourth-order valence-electron chi connectivity index (χ4n) is 4.89. The van der Waals surface area contributed by atoms with Crippen LogP contribution in [0.1, 0.15) is 37.1 Å². The molecule has 1 atom stereocenters. The summed E-state index contributed by atoms with van der Waals surface area (Å²) in [5, 5.41) is 0.602. The first-order valence-electron chi connectivity index (χ1n) is 12.9. The highest BCUT2D eigenvalue weighted by molar-refractivity contribution is 6.30. The van der Waals surface area contributed by atoms with Crippen molar-refractivity contribution in [2.75, 3.05) is 24.6 Å². The summed E-state index contributed by atoms with van der Waals surface area (Å²) in [7, 11) is 0. The summed E-state index contributed by atoms with van der Waals surface area (Å²) in [6.07, 6.45) is 3.70. The molecule has 194 valence electrons. The van der Waals surface area contributed by atoms with Gasteiger partial charge in [0.15, 0.2) is 6.61 Å². The standard InChI is InChI=1S/C31H30ClN3O3/c1-2-3-18-33(30(37)22-38-25-13-5-4-6-14-25)21-29(36)35-27-16-8-7-15-26(27)34-19-10-17-28(34)31(35)23-11-9-12-24(32)20-23/h4-17,19-20,31H,2-3,18,21-22H2,1H3/t31-/m1/s1. The number of ether oxygens (including phenoxy) is 1. The number of benzene rings is 3. The predicted molar refractivity (Wildman–Crippen MR) is 150 cm³/mol. The number of hydrogen-bond acceptors (Lipinski definition) is 3. The topological polar surface area (TPSA) is 54.8 Å². The molecule has 2 amide bonds. The molecule has 3 aromatic carbocycles. The molecule has 1 aliphatic rings. The summed E-state index contributed by atoms with van der Waals surface area (Å²) in [6, 6.07) is 28.3. The molecule has 1 aromatic heterocycles. The van der Waals surface area contributed by atoms with Crippen LogP contribution in [0.15, 0.2) is 97.2 Å². The minimum Gasteiger partial charge on any atom is -0.484 e. The second kappa shape index (κ2) is 11.6. The Kier molecular flexibility index (Phi) is 7.80. The van der Waals surface area contributed by atoms with Crippen LogP contribution in [-0.4, -0.2) is 41.0 Å². The first-order chi connectivity index (χ1) is 18.6. The highest BCUT2D eigenvalue weighted by Crippen LogP contribution is 2.42. The van der Waals surface area contributed by atoms with Crippen molar-refractivity contribution in [2.24, 2.45) is 0 Å². The van der Waals surface area contributed by atoms with Gasteiger partial charge in [-0.05, 0) is 60.5 Å². The number of anilines is 1. The number of para-hydroxylation sites is 3. The molecular formula is C31H30ClN3O3. The molecule has 0 fully saturated rings. The zero-order valence-electron chi connectivity index (χ0n) is 21.3. The van der Waals surface area contributed by atoms with Crippen LogP contribution in [0.25, 0.3) is 5.69 Å². The third-order valence-corrected chi connectivity index (χ3v) is 6.95. The van der Waals surface area contributed by atoms with Gasteiger partial charge in [0.25, 0.3) is 5.91 Å². The van der Waals surface area contributed by atoms with Gasteiger partial charge < -0.3 is 14.2 Å². The van der Waals surface area contributed by atoms with Gasteiger partial charge in [-0.3, -0.25) is 14.5 Å². The zero-order chi connectivity index (χ0) is 26.5. The zero-order valence-corrected chi connectivity index (χ0v) is 22.1. The van der Waals surface area contributed by atoms with E-state index in [1.165, 1.54) is 0 Å². The summed E-state index contributed by atoms with van der Waals surface area (Å²) in [6.45, 7) is 2.36. The van der Waals surface area contributed by atoms with Gasteiger partial charge in [0, 0.05) is 17.8 Å². The maximum atomic E-state index is 14.2. The Morgan fingerprint density at radius 1 is 0.921 bits per heavy atom. The lowest BCUT2D eigenvalue weighted by Crippen LogP contribution is -2.48. The monoisotopic (exact) mass is 527 g/mol. The van der Waals surface area contributed by atoms with E-state index in [-0.39, 0.29) is 25.0 Å². The van der Waals surface area contributed by atoms with Crippen LogP contribution in [-0.2, 0) is 9.59 Å². The van der Waals surface area contributed by atoms with E-state index in [1.807, 2.05) is 97.2 Å². The smallest absolute Gasteiger partial charge is 0.260 e. The number of carbonyl (C=O) groups is 2. The number of hydrogen-bond donors (Lipinski definition) is 0. The summed E-state index contributed by atoms with van der Waals surface area (Å²) >= 11 is 6.38. The number of nitrogens with zero attached hydrogens (tertiary/aromatic N) is 3. The van der Waals surface area contributed by atoms with Gasteiger partial charge in [0.2, 0.25) is 5.91 Å². The normalized spacial score (nSPS) is 13.9. The van der Waals surface area contributed by atoms with E-state index in [0.717, 1.165) is 35.5 Å². The fraction of sp³-hybridized carbons (Fsp3) is 0.226. The van der Waals surface area contributed by atoms with Crippen LogP contribution in [0.2, 0.25) is 5.02 Å². The molecule has 0 saturated carbocycles. The second-order valence-corrected chi connectivity index (χ2v) is 9.72. The molecule has 0 spiro atoms. The molecule has 0 saturated heterocycles. The average molecular weight is 528 g/mol. The van der Waals surface area contributed by atoms with Crippen LogP contribution in [0.4, 0.5) is 5.69 Å². The van der Waals surface area contributed by atoms with Gasteiger partial charge in [-0.15, -0.1) is 0 Å². The van der Waals surface area contributed by atoms with Crippen molar-refractivity contribution < 1.29 is 14.3 Å². The number of unbranched alkanes of at least 4 members (excludes halogenated alkanes) is 1. The van der Waals surface area contributed by atoms with Crippen LogP contribution in [0.5, 0.6) is 5.75 Å². The van der Waals surface area contributed by atoms with E-state index in [4.69, 9.17) is 16.3 Å². The number of fused-ring (bicyclic) bond motifs is 3. The van der Waals surface area contributed by atoms with Gasteiger partial charge in [0.05, 0.1) is 17.1 Å². The van der Waals surface area contributed by atoms with Crippen LogP contribution >= 0.6 is 11.6 Å². The summed E-state index contributed by atoms with van der Waals surface area (Å²) in [4.78, 5) is 30.8. The average Bonchev–Trinajstić information content (AvgIpc) is 3.43. The molecule has 2 heterocycles. The highest BCUT2D eigenvalue weighted by atomic mass is 35.5. The van der Waals surface area contributed by atoms with Crippen molar-refractivity contribution in [3.05, 3.63) is 113 Å². The molecule has 0 bridgehead atoms. The number of amides is 2. The van der Waals surface area contributed by atoms with Gasteiger partial charge in [-0.25, -0.2) is 0 Å². The molecule has 0 aliphatic carbocycles. The van der Waals surface area contributed by atoms with Crippen LogP contribution in [0, 0.1) is 0 Å². The van der Waals surface area contributed by atoms with Crippen molar-refractivity contribution in [1.29, 1.82) is 0 Å². The Morgan fingerprint density at radius 3 is 2.45 bits per heavy atom. The Bertz CT molecular complexity index is 1420. The Hall–Kier alpha value is -4.03. The van der Waals surface area contributed by atoms with Gasteiger partial charge in [-0.2, -0.15) is 0 Å². The third-order valence-electron chi connectivity index (χ3n) is 6.72. The third kappa shape index (κ3) is 5.31. The summed E-state index contributed by atoms with van der Waals surface area (Å²) < 4.78 is 7.83. The summed E-state index contributed by atoms with van der Waals surface area (Å²) in [5.74, 6) is 0.233. The van der Waals surface area contributed by atoms with Crippen LogP contribution in [0.3, 0.4) is 0 Å². The van der Waals surface area contributed by atoms with Gasteiger partial charge in [-0.1, -0.05) is 67.4 Å². The molecule has 0 unspecified atom stereocenters. The molecule has 1 aliphatic heterocycles. The predicted octanol–water partition coefficient (Wildman–Crippen LogP) is 6.27. The largest absolute Gasteiger partial charge is 0.484 e. The van der Waals surface area contributed by atoms with Crippen molar-refractivity contribution in [3.63, 3.8) is 0 Å². The first kappa shape index (κ1) is 25.6. The molecule has 0 radical (unpaired) electrons. The van der Waals surface area contributed by atoms with E-state index < -0.39 is 6.04 Å². The maximum Gasteiger partial charge on any atom is 0.260 e. The number of rotatable bonds is 9. The summed E-state index contributed by atoms with van der Waals surface area (Å²) in [5.41, 5.74) is 3.56. The Morgan fingerprint density at radius 2 is 1.68 bits per heavy atom. The minimum atomic E-state index is -0.394. The highest BCUT2D eigenvalue weighted by Gasteiger charge is 2.37. The number of aromatic nitrogens is 1. The SMILES string of the molecule is CCCCN(CC(=O)N1c2ccccc2-n2cccc2[C@H]1c1cccc(Cl)c1)C(=O)COc1ccccc1. The van der Waals surface area contributed by atoms with Gasteiger partial charge in [0.1, 0.15) is 18.3 Å². The van der Waals surface area contributed by atoms with E-state index in [0.29, 0.717) is 17.3 Å². The first-order valence-corrected chi connectivity index (χ1v) is 13.2. The molecule has 38 heavy (non-hydrogen) atoms. The molecular weight excluding hydrogens is 498 g/mol. The Labute approximate surface area is 228 Å². The lowest BCUT2D eigenvalue weighted by molar-refractivity contribution is -0.137. The van der Waals surface area contributed by atoms with E-state index >= 15 is 0 Å². The van der Waals surface area contributed by atoms with Gasteiger partial charge >= 0.3 is 0 Å². The Balaban J connectivity index is 1.47. The quantitative estimate of drug-likeness (QED) is 0.257. The van der Waals surface area contributed by atoms with Crippen molar-refractivity contribution >= 4 is 29.1 Å². The number of carbonyl (C=O) groups excluding carboxylic acids is 2. The second-order valence-electron chi connectivity index (χ2n) is 9.28. The maximum absolute atomic E-state index is 14.2. The lowest BCUT2D eigenvalue weighted by Gasteiger charge is -2.39. The van der Waals surface area contributed by atoms with E-state index in [9.17, 15) is 9.59 Å². The molecule has 5 rings (SSSR count). The lowest BCUT2D eigenvalue weighted by atomic mass is 9.97. The van der Waals surface area contributed by atoms with Crippen molar-refractivity contribution in [2.45, 2.75) is 25.8 Å². The molecule has 0 N–H and O–H groups in total. The van der Waals surface area contributed by atoms with Crippen molar-refractivity contribution in [1.82, 2.24) is 9.47 Å². The fourth-order valence-corrected chi connectivity index (χ4v) is 5.09. The molecule has 6 nitrogen and oxygen atoms in total. The van der Waals surface area contributed by atoms with Crippen molar-refractivity contribution in [3.8, 4) is 11.4 Å². The molecule has 4 aromatic rings.